The normalized spacial score (nSPS) is 10.7. The minimum absolute atomic E-state index is 0.0651. The molecule has 1 aromatic carbocycles. The van der Waals surface area contributed by atoms with Crippen molar-refractivity contribution in [2.75, 3.05) is 19.8 Å². The Kier molecular flexibility index (Phi) is 5.68. The first-order valence-electron chi connectivity index (χ1n) is 8.39. The molecule has 0 fully saturated rings. The standard InChI is InChI=1S/C19H20FN3O3/c1-2-25-16-4-6-17(7-5-16)26-13-19(24)21-10-9-15-12-23-11-14(20)3-8-18(23)22-15/h3-8,11-12H,2,9-10,13H2,1H3,(H,21,24). The number of aromatic nitrogens is 2. The molecule has 0 atom stereocenters. The Hall–Kier alpha value is -3.09. The van der Waals surface area contributed by atoms with E-state index in [-0.39, 0.29) is 18.3 Å². The molecular weight excluding hydrogens is 337 g/mol. The second kappa shape index (κ2) is 8.33. The van der Waals surface area contributed by atoms with Crippen molar-refractivity contribution < 1.29 is 18.7 Å². The maximum absolute atomic E-state index is 13.2. The molecule has 0 spiro atoms. The van der Waals surface area contributed by atoms with E-state index in [1.807, 2.05) is 6.92 Å². The molecule has 1 N–H and O–H groups in total. The van der Waals surface area contributed by atoms with Gasteiger partial charge in [-0.2, -0.15) is 0 Å². The van der Waals surface area contributed by atoms with Crippen LogP contribution in [0.5, 0.6) is 11.5 Å². The Morgan fingerprint density at radius 3 is 2.58 bits per heavy atom. The summed E-state index contributed by atoms with van der Waals surface area (Å²) in [5.41, 5.74) is 1.45. The van der Waals surface area contributed by atoms with E-state index in [0.29, 0.717) is 31.0 Å². The summed E-state index contributed by atoms with van der Waals surface area (Å²) >= 11 is 0. The first-order chi connectivity index (χ1) is 12.6. The summed E-state index contributed by atoms with van der Waals surface area (Å²) in [4.78, 5) is 16.2. The van der Waals surface area contributed by atoms with Crippen LogP contribution in [0.4, 0.5) is 4.39 Å². The van der Waals surface area contributed by atoms with Gasteiger partial charge in [-0.25, -0.2) is 9.37 Å². The Bertz CT molecular complexity index is 877. The molecule has 6 nitrogen and oxygen atoms in total. The van der Waals surface area contributed by atoms with E-state index in [1.165, 1.54) is 12.3 Å². The summed E-state index contributed by atoms with van der Waals surface area (Å²) in [6.45, 7) is 2.88. The number of ether oxygens (including phenoxy) is 2. The monoisotopic (exact) mass is 357 g/mol. The molecule has 3 aromatic rings. The highest BCUT2D eigenvalue weighted by Gasteiger charge is 2.06. The SMILES string of the molecule is CCOc1ccc(OCC(=O)NCCc2cn3cc(F)ccc3n2)cc1. The molecule has 2 aromatic heterocycles. The summed E-state index contributed by atoms with van der Waals surface area (Å²) in [5, 5.41) is 2.78. The molecule has 0 bridgehead atoms. The van der Waals surface area contributed by atoms with Crippen LogP contribution in [0, 0.1) is 5.82 Å². The van der Waals surface area contributed by atoms with Crippen molar-refractivity contribution >= 4 is 11.6 Å². The smallest absolute Gasteiger partial charge is 0.257 e. The van der Waals surface area contributed by atoms with Crippen LogP contribution >= 0.6 is 0 Å². The van der Waals surface area contributed by atoms with Gasteiger partial charge < -0.3 is 19.2 Å². The molecule has 0 aliphatic heterocycles. The van der Waals surface area contributed by atoms with Gasteiger partial charge in [-0.05, 0) is 43.3 Å². The molecule has 0 aliphatic rings. The molecule has 7 heteroatoms. The predicted molar refractivity (Wildman–Crippen MR) is 95.0 cm³/mol. The number of nitrogens with one attached hydrogen (secondary N) is 1. The Morgan fingerprint density at radius 2 is 1.85 bits per heavy atom. The van der Waals surface area contributed by atoms with Gasteiger partial charge >= 0.3 is 0 Å². The number of imidazole rings is 1. The van der Waals surface area contributed by atoms with Gasteiger partial charge in [0.2, 0.25) is 0 Å². The average Bonchev–Trinajstić information content (AvgIpc) is 3.03. The topological polar surface area (TPSA) is 64.9 Å². The third-order valence-electron chi connectivity index (χ3n) is 3.67. The first kappa shape index (κ1) is 17.7. The van der Waals surface area contributed by atoms with Crippen molar-refractivity contribution in [3.8, 4) is 11.5 Å². The quantitative estimate of drug-likeness (QED) is 0.673. The summed E-state index contributed by atoms with van der Waals surface area (Å²) in [7, 11) is 0. The molecule has 0 radical (unpaired) electrons. The molecule has 2 heterocycles. The van der Waals surface area contributed by atoms with Crippen molar-refractivity contribution in [1.82, 2.24) is 14.7 Å². The molecular formula is C19H20FN3O3. The van der Waals surface area contributed by atoms with E-state index in [9.17, 15) is 9.18 Å². The number of rotatable bonds is 8. The van der Waals surface area contributed by atoms with E-state index in [4.69, 9.17) is 9.47 Å². The van der Waals surface area contributed by atoms with Crippen molar-refractivity contribution in [3.05, 3.63) is 60.3 Å². The van der Waals surface area contributed by atoms with Gasteiger partial charge in [-0.1, -0.05) is 0 Å². The number of pyridine rings is 1. The molecule has 136 valence electrons. The molecule has 3 rings (SSSR count). The molecule has 0 saturated heterocycles. The van der Waals surface area contributed by atoms with Crippen molar-refractivity contribution in [2.24, 2.45) is 0 Å². The number of amides is 1. The number of nitrogens with zero attached hydrogens (tertiary/aromatic N) is 2. The van der Waals surface area contributed by atoms with Crippen LogP contribution < -0.4 is 14.8 Å². The zero-order chi connectivity index (χ0) is 18.4. The van der Waals surface area contributed by atoms with E-state index < -0.39 is 0 Å². The van der Waals surface area contributed by atoms with Crippen LogP contribution in [0.1, 0.15) is 12.6 Å². The lowest BCUT2D eigenvalue weighted by molar-refractivity contribution is -0.123. The lowest BCUT2D eigenvalue weighted by Crippen LogP contribution is -2.30. The number of hydrogen-bond donors (Lipinski definition) is 1. The lowest BCUT2D eigenvalue weighted by Gasteiger charge is -2.08. The minimum atomic E-state index is -0.318. The molecule has 0 aliphatic carbocycles. The van der Waals surface area contributed by atoms with Gasteiger partial charge in [-0.3, -0.25) is 4.79 Å². The van der Waals surface area contributed by atoms with Crippen molar-refractivity contribution in [1.29, 1.82) is 0 Å². The number of carbonyl (C=O) groups excluding carboxylic acids is 1. The third-order valence-corrected chi connectivity index (χ3v) is 3.67. The van der Waals surface area contributed by atoms with Crippen LogP contribution in [0.2, 0.25) is 0 Å². The van der Waals surface area contributed by atoms with Crippen LogP contribution in [-0.4, -0.2) is 35.1 Å². The first-order valence-corrected chi connectivity index (χ1v) is 8.39. The van der Waals surface area contributed by atoms with Crippen molar-refractivity contribution in [2.45, 2.75) is 13.3 Å². The third kappa shape index (κ3) is 4.72. The van der Waals surface area contributed by atoms with E-state index in [2.05, 4.69) is 10.3 Å². The van der Waals surface area contributed by atoms with E-state index in [0.717, 1.165) is 11.4 Å². The Balaban J connectivity index is 1.42. The van der Waals surface area contributed by atoms with Crippen molar-refractivity contribution in [3.63, 3.8) is 0 Å². The summed E-state index contributed by atoms with van der Waals surface area (Å²) in [6.07, 6.45) is 3.67. The van der Waals surface area contributed by atoms with Gasteiger partial charge in [0.15, 0.2) is 6.61 Å². The molecule has 0 saturated carbocycles. The number of hydrogen-bond acceptors (Lipinski definition) is 4. The zero-order valence-electron chi connectivity index (χ0n) is 14.4. The molecule has 1 amide bonds. The largest absolute Gasteiger partial charge is 0.494 e. The fraction of sp³-hybridized carbons (Fsp3) is 0.263. The number of benzene rings is 1. The fourth-order valence-electron chi connectivity index (χ4n) is 2.47. The van der Waals surface area contributed by atoms with Gasteiger partial charge in [0.1, 0.15) is 23.0 Å². The highest BCUT2D eigenvalue weighted by molar-refractivity contribution is 5.77. The van der Waals surface area contributed by atoms with Crippen LogP contribution in [-0.2, 0) is 11.2 Å². The van der Waals surface area contributed by atoms with Gasteiger partial charge in [0.05, 0.1) is 12.3 Å². The number of carbonyl (C=O) groups is 1. The molecule has 0 unspecified atom stereocenters. The Morgan fingerprint density at radius 1 is 1.12 bits per heavy atom. The number of halogens is 1. The average molecular weight is 357 g/mol. The van der Waals surface area contributed by atoms with Gasteiger partial charge in [0, 0.05) is 25.4 Å². The zero-order valence-corrected chi connectivity index (χ0v) is 14.4. The summed E-state index contributed by atoms with van der Waals surface area (Å²) < 4.78 is 25.6. The highest BCUT2D eigenvalue weighted by Crippen LogP contribution is 2.17. The fourth-order valence-corrected chi connectivity index (χ4v) is 2.47. The van der Waals surface area contributed by atoms with Crippen LogP contribution in [0.25, 0.3) is 5.65 Å². The Labute approximate surface area is 150 Å². The van der Waals surface area contributed by atoms with Gasteiger partial charge in [0.25, 0.3) is 5.91 Å². The lowest BCUT2D eigenvalue weighted by atomic mass is 10.3. The maximum atomic E-state index is 13.2. The van der Waals surface area contributed by atoms with Crippen LogP contribution in [0.3, 0.4) is 0 Å². The second-order valence-electron chi connectivity index (χ2n) is 5.64. The number of fused-ring (bicyclic) bond motifs is 1. The summed E-state index contributed by atoms with van der Waals surface area (Å²) in [5.74, 6) is 0.831. The molecule has 26 heavy (non-hydrogen) atoms. The highest BCUT2D eigenvalue weighted by atomic mass is 19.1. The minimum Gasteiger partial charge on any atom is -0.494 e. The van der Waals surface area contributed by atoms with Crippen LogP contribution in [0.15, 0.2) is 48.8 Å². The van der Waals surface area contributed by atoms with Gasteiger partial charge in [-0.15, -0.1) is 0 Å². The van der Waals surface area contributed by atoms with E-state index in [1.54, 1.807) is 40.9 Å². The second-order valence-corrected chi connectivity index (χ2v) is 5.64. The van der Waals surface area contributed by atoms with E-state index >= 15 is 0 Å². The maximum Gasteiger partial charge on any atom is 0.257 e. The summed E-state index contributed by atoms with van der Waals surface area (Å²) in [6, 6.07) is 10.1. The predicted octanol–water partition coefficient (Wildman–Crippen LogP) is 2.61.